The molecule has 1 aromatic heterocycles. The largest absolute Gasteiger partial charge is 0.480 e. The number of carbonyl (C=O) groups is 4. The molecule has 4 atom stereocenters. The average molecular weight is 478 g/mol. The van der Waals surface area contributed by atoms with Crippen molar-refractivity contribution in [3.05, 3.63) is 36.0 Å². The summed E-state index contributed by atoms with van der Waals surface area (Å²) in [5.74, 6) is -4.16. The van der Waals surface area contributed by atoms with Crippen LogP contribution in [0.5, 0.6) is 0 Å². The van der Waals surface area contributed by atoms with E-state index in [9.17, 15) is 29.4 Å². The van der Waals surface area contributed by atoms with Crippen LogP contribution in [-0.2, 0) is 25.6 Å². The molecule has 0 saturated carbocycles. The number of aromatic amines is 1. The van der Waals surface area contributed by atoms with Gasteiger partial charge in [-0.15, -0.1) is 0 Å². The van der Waals surface area contributed by atoms with Gasteiger partial charge >= 0.3 is 5.97 Å². The molecule has 0 radical (unpaired) electrons. The number of nitrogens with one attached hydrogen (secondary N) is 4. The third-order valence-corrected chi connectivity index (χ3v) is 5.31. The molecule has 4 unspecified atom stereocenters. The Hall–Kier alpha value is -3.48. The molecule has 0 saturated heterocycles. The van der Waals surface area contributed by atoms with Crippen molar-refractivity contribution < 1.29 is 34.5 Å². The number of hydrogen-bond donors (Lipinski definition) is 8. The second-order valence-electron chi connectivity index (χ2n) is 8.23. The van der Waals surface area contributed by atoms with Crippen molar-refractivity contribution in [2.45, 2.75) is 44.4 Å². The number of para-hydroxylation sites is 1. The van der Waals surface area contributed by atoms with Crippen LogP contribution in [0.3, 0.4) is 0 Å². The number of aliphatic carboxylic acids is 1. The third kappa shape index (κ3) is 6.76. The molecule has 0 fully saturated rings. The van der Waals surface area contributed by atoms with Gasteiger partial charge in [0, 0.05) is 23.5 Å². The lowest BCUT2D eigenvalue weighted by Gasteiger charge is -2.25. The number of carboxylic acid groups (broad SMARTS) is 1. The molecule has 0 aliphatic carbocycles. The van der Waals surface area contributed by atoms with Crippen molar-refractivity contribution in [2.24, 2.45) is 11.7 Å². The van der Waals surface area contributed by atoms with Crippen LogP contribution in [0.25, 0.3) is 10.9 Å². The van der Waals surface area contributed by atoms with Gasteiger partial charge in [0.05, 0.1) is 13.2 Å². The molecule has 0 aliphatic heterocycles. The summed E-state index contributed by atoms with van der Waals surface area (Å²) in [7, 11) is 0. The minimum Gasteiger partial charge on any atom is -0.480 e. The number of nitrogens with two attached hydrogens (primary N) is 1. The van der Waals surface area contributed by atoms with E-state index in [0.29, 0.717) is 5.56 Å². The van der Waals surface area contributed by atoms with E-state index in [1.807, 2.05) is 24.3 Å². The summed E-state index contributed by atoms with van der Waals surface area (Å²) in [6, 6.07) is 2.18. The first kappa shape index (κ1) is 26.8. The van der Waals surface area contributed by atoms with Crippen LogP contribution in [-0.4, -0.2) is 81.4 Å². The van der Waals surface area contributed by atoms with Gasteiger partial charge < -0.3 is 42.0 Å². The molecule has 9 N–H and O–H groups in total. The van der Waals surface area contributed by atoms with Crippen molar-refractivity contribution in [3.63, 3.8) is 0 Å². The fourth-order valence-electron chi connectivity index (χ4n) is 3.33. The highest BCUT2D eigenvalue weighted by Crippen LogP contribution is 2.19. The highest BCUT2D eigenvalue weighted by molar-refractivity contribution is 5.95. The Morgan fingerprint density at radius 3 is 2.15 bits per heavy atom. The smallest absolute Gasteiger partial charge is 0.326 e. The first-order valence-corrected chi connectivity index (χ1v) is 10.7. The standard InChI is InChI=1S/C22H31N5O7/c1-11(2)18(22(33)34)27-21(32)17(10-29)26-20(31)16(25-19(30)14(23)9-28)7-12-8-24-15-6-4-3-5-13(12)15/h3-6,8,11,14,16-18,24,28-29H,7,9-10,23H2,1-2H3,(H,25,30)(H,26,31)(H,27,32)(H,33,34). The number of amides is 3. The van der Waals surface area contributed by atoms with Gasteiger partial charge in [-0.25, -0.2) is 4.79 Å². The molecule has 1 heterocycles. The van der Waals surface area contributed by atoms with Gasteiger partial charge in [0.15, 0.2) is 0 Å². The molecule has 1 aromatic carbocycles. The van der Waals surface area contributed by atoms with Crippen LogP contribution < -0.4 is 21.7 Å². The molecular weight excluding hydrogens is 446 g/mol. The molecule has 186 valence electrons. The number of hydrogen-bond acceptors (Lipinski definition) is 7. The Morgan fingerprint density at radius 2 is 1.56 bits per heavy atom. The SMILES string of the molecule is CC(C)C(NC(=O)C(CO)NC(=O)C(Cc1c[nH]c2ccccc12)NC(=O)C(N)CO)C(=O)O. The zero-order valence-electron chi connectivity index (χ0n) is 18.9. The monoisotopic (exact) mass is 477 g/mol. The summed E-state index contributed by atoms with van der Waals surface area (Å²) in [5, 5.41) is 36.0. The van der Waals surface area contributed by atoms with Crippen LogP contribution in [0.15, 0.2) is 30.5 Å². The van der Waals surface area contributed by atoms with Crippen molar-refractivity contribution in [1.82, 2.24) is 20.9 Å². The normalized spacial score (nSPS) is 14.8. The number of fused-ring (bicyclic) bond motifs is 1. The van der Waals surface area contributed by atoms with E-state index in [1.54, 1.807) is 20.0 Å². The lowest BCUT2D eigenvalue weighted by molar-refractivity contribution is -0.143. The summed E-state index contributed by atoms with van der Waals surface area (Å²) in [6.45, 7) is 1.76. The molecule has 12 heteroatoms. The second kappa shape index (κ2) is 12.1. The summed E-state index contributed by atoms with van der Waals surface area (Å²) >= 11 is 0. The molecule has 3 amide bonds. The van der Waals surface area contributed by atoms with Crippen molar-refractivity contribution in [1.29, 1.82) is 0 Å². The zero-order chi connectivity index (χ0) is 25.4. The number of H-pyrrole nitrogens is 1. The van der Waals surface area contributed by atoms with E-state index in [2.05, 4.69) is 20.9 Å². The van der Waals surface area contributed by atoms with Gasteiger partial charge in [0.2, 0.25) is 17.7 Å². The Labute approximate surface area is 195 Å². The van der Waals surface area contributed by atoms with E-state index in [0.717, 1.165) is 10.9 Å². The van der Waals surface area contributed by atoms with E-state index < -0.39 is 67.0 Å². The number of rotatable bonds is 12. The minimum atomic E-state index is -1.46. The van der Waals surface area contributed by atoms with E-state index in [4.69, 9.17) is 10.8 Å². The summed E-state index contributed by atoms with van der Waals surface area (Å²) in [5.41, 5.74) is 7.07. The Bertz CT molecular complexity index is 1020. The van der Waals surface area contributed by atoms with E-state index in [1.165, 1.54) is 0 Å². The van der Waals surface area contributed by atoms with Gasteiger partial charge in [-0.3, -0.25) is 14.4 Å². The fraction of sp³-hybridized carbons (Fsp3) is 0.455. The molecule has 0 spiro atoms. The van der Waals surface area contributed by atoms with Crippen molar-refractivity contribution >= 4 is 34.6 Å². The number of aliphatic hydroxyl groups is 2. The maximum absolute atomic E-state index is 13.0. The Balaban J connectivity index is 2.22. The maximum atomic E-state index is 13.0. The van der Waals surface area contributed by atoms with Crippen LogP contribution >= 0.6 is 0 Å². The predicted octanol–water partition coefficient (Wildman–Crippen LogP) is -1.78. The Morgan fingerprint density at radius 1 is 0.941 bits per heavy atom. The lowest BCUT2D eigenvalue weighted by Crippen LogP contribution is -2.59. The second-order valence-corrected chi connectivity index (χ2v) is 8.23. The lowest BCUT2D eigenvalue weighted by atomic mass is 10.0. The number of benzene rings is 1. The number of aliphatic hydroxyl groups excluding tert-OH is 2. The van der Waals surface area contributed by atoms with Crippen LogP contribution in [0, 0.1) is 5.92 Å². The zero-order valence-corrected chi connectivity index (χ0v) is 18.9. The van der Waals surface area contributed by atoms with Gasteiger partial charge in [-0.2, -0.15) is 0 Å². The number of aromatic nitrogens is 1. The molecule has 2 aromatic rings. The average Bonchev–Trinajstić information content (AvgIpc) is 3.21. The van der Waals surface area contributed by atoms with E-state index >= 15 is 0 Å². The van der Waals surface area contributed by atoms with Crippen LogP contribution in [0.1, 0.15) is 19.4 Å². The van der Waals surface area contributed by atoms with Crippen molar-refractivity contribution in [3.8, 4) is 0 Å². The molecule has 34 heavy (non-hydrogen) atoms. The first-order valence-electron chi connectivity index (χ1n) is 10.7. The maximum Gasteiger partial charge on any atom is 0.326 e. The molecule has 12 nitrogen and oxygen atoms in total. The molecular formula is C22H31N5O7. The highest BCUT2D eigenvalue weighted by Gasteiger charge is 2.31. The summed E-state index contributed by atoms with van der Waals surface area (Å²) < 4.78 is 0. The molecule has 2 rings (SSSR count). The van der Waals surface area contributed by atoms with E-state index in [-0.39, 0.29) is 6.42 Å². The number of carbonyl (C=O) groups excluding carboxylic acids is 3. The van der Waals surface area contributed by atoms with Gasteiger partial charge in [-0.05, 0) is 17.5 Å². The van der Waals surface area contributed by atoms with Gasteiger partial charge in [-0.1, -0.05) is 32.0 Å². The van der Waals surface area contributed by atoms with Gasteiger partial charge in [0.1, 0.15) is 24.2 Å². The third-order valence-electron chi connectivity index (χ3n) is 5.31. The highest BCUT2D eigenvalue weighted by atomic mass is 16.4. The quantitative estimate of drug-likeness (QED) is 0.175. The first-order chi connectivity index (χ1) is 16.1. The fourth-order valence-corrected chi connectivity index (χ4v) is 3.33. The number of carboxylic acids is 1. The predicted molar refractivity (Wildman–Crippen MR) is 122 cm³/mol. The Kier molecular flexibility index (Phi) is 9.54. The summed E-state index contributed by atoms with van der Waals surface area (Å²) in [6.07, 6.45) is 1.70. The van der Waals surface area contributed by atoms with Gasteiger partial charge in [0.25, 0.3) is 0 Å². The molecule has 0 aliphatic rings. The van der Waals surface area contributed by atoms with Crippen molar-refractivity contribution in [2.75, 3.05) is 13.2 Å². The minimum absolute atomic E-state index is 0.0171. The summed E-state index contributed by atoms with van der Waals surface area (Å²) in [4.78, 5) is 52.3. The van der Waals surface area contributed by atoms with Crippen LogP contribution in [0.4, 0.5) is 0 Å². The topological polar surface area (TPSA) is 207 Å². The molecule has 0 bridgehead atoms. The van der Waals surface area contributed by atoms with Crippen LogP contribution in [0.2, 0.25) is 0 Å².